The fraction of sp³-hybridized carbons (Fsp3) is 0.385. The van der Waals surface area contributed by atoms with Gasteiger partial charge in [-0.3, -0.25) is 4.79 Å². The molecule has 1 fully saturated rings. The van der Waals surface area contributed by atoms with Crippen LogP contribution in [0.15, 0.2) is 24.3 Å². The van der Waals surface area contributed by atoms with Crippen molar-refractivity contribution < 1.29 is 4.79 Å². The largest absolute Gasteiger partial charge is 0.312 e. The minimum absolute atomic E-state index is 0.151. The van der Waals surface area contributed by atoms with Crippen LogP contribution in [-0.2, 0) is 11.2 Å². The average molecular weight is 246 g/mol. The molecule has 1 heterocycles. The number of hydrogen-bond donors (Lipinski definition) is 1. The summed E-state index contributed by atoms with van der Waals surface area (Å²) in [6.45, 7) is 0.734. The Kier molecular flexibility index (Phi) is 3.70. The lowest BCUT2D eigenvalue weighted by atomic mass is 10.1. The average Bonchev–Trinajstić information content (AvgIpc) is 2.71. The molecule has 1 aliphatic heterocycles. The van der Waals surface area contributed by atoms with E-state index in [0.717, 1.165) is 23.5 Å². The summed E-state index contributed by atoms with van der Waals surface area (Å²) in [6.07, 6.45) is 0.956. The van der Waals surface area contributed by atoms with Gasteiger partial charge in [0.05, 0.1) is 12.5 Å². The van der Waals surface area contributed by atoms with Crippen molar-refractivity contribution in [3.63, 3.8) is 0 Å². The van der Waals surface area contributed by atoms with Gasteiger partial charge in [0, 0.05) is 18.7 Å². The molecule has 1 amide bonds. The maximum Gasteiger partial charge on any atom is 0.227 e. The van der Waals surface area contributed by atoms with E-state index in [-0.39, 0.29) is 5.91 Å². The molecule has 1 saturated heterocycles. The van der Waals surface area contributed by atoms with Crippen molar-refractivity contribution in [2.45, 2.75) is 12.8 Å². The molecule has 2 rings (SSSR count). The molecule has 0 N–H and O–H groups in total. The fourth-order valence-corrected chi connectivity index (χ4v) is 2.32. The highest BCUT2D eigenvalue weighted by molar-refractivity contribution is 7.80. The molecule has 0 radical (unpaired) electrons. The minimum atomic E-state index is 0.151. The van der Waals surface area contributed by atoms with Crippen molar-refractivity contribution in [1.29, 1.82) is 5.26 Å². The van der Waals surface area contributed by atoms with E-state index in [4.69, 9.17) is 5.26 Å². The summed E-state index contributed by atoms with van der Waals surface area (Å²) in [6, 6.07) is 9.75. The number of nitriles is 1. The number of carbonyl (C=O) groups is 1. The van der Waals surface area contributed by atoms with E-state index >= 15 is 0 Å². The maximum absolute atomic E-state index is 11.8. The fourth-order valence-electron chi connectivity index (χ4n) is 2.08. The SMILES string of the molecule is N#CCc1cccc(N2CC(CS)CC2=O)c1. The van der Waals surface area contributed by atoms with Gasteiger partial charge < -0.3 is 4.90 Å². The second kappa shape index (κ2) is 5.24. The number of thiol groups is 1. The first kappa shape index (κ1) is 12.0. The van der Waals surface area contributed by atoms with Gasteiger partial charge >= 0.3 is 0 Å². The van der Waals surface area contributed by atoms with Crippen LogP contribution in [-0.4, -0.2) is 18.2 Å². The van der Waals surface area contributed by atoms with E-state index in [9.17, 15) is 4.79 Å². The smallest absolute Gasteiger partial charge is 0.227 e. The van der Waals surface area contributed by atoms with Crippen LogP contribution in [0, 0.1) is 17.2 Å². The van der Waals surface area contributed by atoms with Gasteiger partial charge in [-0.2, -0.15) is 17.9 Å². The summed E-state index contributed by atoms with van der Waals surface area (Å²) < 4.78 is 0. The molecule has 88 valence electrons. The topological polar surface area (TPSA) is 44.1 Å². The number of hydrogen-bond acceptors (Lipinski definition) is 3. The number of nitrogens with zero attached hydrogens (tertiary/aromatic N) is 2. The normalized spacial score (nSPS) is 19.4. The summed E-state index contributed by atoms with van der Waals surface area (Å²) in [4.78, 5) is 13.6. The minimum Gasteiger partial charge on any atom is -0.312 e. The molecule has 0 spiro atoms. The Bertz CT molecular complexity index is 467. The lowest BCUT2D eigenvalue weighted by Crippen LogP contribution is -2.24. The van der Waals surface area contributed by atoms with Crippen molar-refractivity contribution in [1.82, 2.24) is 0 Å². The second-order valence-electron chi connectivity index (χ2n) is 4.26. The molecule has 1 aliphatic rings. The Morgan fingerprint density at radius 3 is 3.00 bits per heavy atom. The molecular formula is C13H14N2OS. The van der Waals surface area contributed by atoms with Gasteiger partial charge in [0.15, 0.2) is 0 Å². The van der Waals surface area contributed by atoms with Crippen LogP contribution in [0.1, 0.15) is 12.0 Å². The zero-order valence-electron chi connectivity index (χ0n) is 9.47. The highest BCUT2D eigenvalue weighted by Crippen LogP contribution is 2.26. The van der Waals surface area contributed by atoms with Crippen LogP contribution in [0.25, 0.3) is 0 Å². The van der Waals surface area contributed by atoms with Crippen molar-refractivity contribution in [3.8, 4) is 6.07 Å². The molecule has 1 aromatic carbocycles. The Balaban J connectivity index is 2.20. The molecule has 3 nitrogen and oxygen atoms in total. The Labute approximate surface area is 106 Å². The molecule has 17 heavy (non-hydrogen) atoms. The van der Waals surface area contributed by atoms with Crippen LogP contribution in [0.3, 0.4) is 0 Å². The first-order valence-electron chi connectivity index (χ1n) is 5.61. The van der Waals surface area contributed by atoms with Crippen molar-refractivity contribution in [2.24, 2.45) is 5.92 Å². The van der Waals surface area contributed by atoms with Gasteiger partial charge in [-0.15, -0.1) is 0 Å². The first-order valence-corrected chi connectivity index (χ1v) is 6.25. The molecule has 0 aromatic heterocycles. The van der Waals surface area contributed by atoms with Crippen LogP contribution >= 0.6 is 12.6 Å². The standard InChI is InChI=1S/C13H14N2OS/c14-5-4-10-2-1-3-12(6-10)15-8-11(9-17)7-13(15)16/h1-3,6,11,17H,4,7-9H2. The van der Waals surface area contributed by atoms with Crippen LogP contribution in [0.4, 0.5) is 5.69 Å². The van der Waals surface area contributed by atoms with E-state index in [0.29, 0.717) is 18.8 Å². The third kappa shape index (κ3) is 2.62. The van der Waals surface area contributed by atoms with Gasteiger partial charge in [-0.05, 0) is 29.4 Å². The highest BCUT2D eigenvalue weighted by atomic mass is 32.1. The van der Waals surface area contributed by atoms with Gasteiger partial charge in [-0.1, -0.05) is 12.1 Å². The van der Waals surface area contributed by atoms with Gasteiger partial charge in [0.1, 0.15) is 0 Å². The van der Waals surface area contributed by atoms with Gasteiger partial charge in [0.2, 0.25) is 5.91 Å². The molecule has 0 saturated carbocycles. The predicted octanol–water partition coefficient (Wildman–Crippen LogP) is 2.04. The Morgan fingerprint density at radius 2 is 2.35 bits per heavy atom. The third-order valence-electron chi connectivity index (χ3n) is 2.97. The van der Waals surface area contributed by atoms with E-state index < -0.39 is 0 Å². The monoisotopic (exact) mass is 246 g/mol. The summed E-state index contributed by atoms with van der Waals surface area (Å²) in [5.74, 6) is 1.23. The van der Waals surface area contributed by atoms with Gasteiger partial charge in [-0.25, -0.2) is 0 Å². The summed E-state index contributed by atoms with van der Waals surface area (Å²) in [5.41, 5.74) is 1.85. The lowest BCUT2D eigenvalue weighted by molar-refractivity contribution is -0.117. The molecule has 1 atom stereocenters. The molecule has 1 aromatic rings. The second-order valence-corrected chi connectivity index (χ2v) is 4.63. The van der Waals surface area contributed by atoms with Crippen LogP contribution in [0.2, 0.25) is 0 Å². The molecule has 1 unspecified atom stereocenters. The highest BCUT2D eigenvalue weighted by Gasteiger charge is 2.29. The number of benzene rings is 1. The third-order valence-corrected chi connectivity index (χ3v) is 3.49. The quantitative estimate of drug-likeness (QED) is 0.829. The van der Waals surface area contributed by atoms with Crippen molar-refractivity contribution in [3.05, 3.63) is 29.8 Å². The zero-order chi connectivity index (χ0) is 12.3. The molecule has 4 heteroatoms. The zero-order valence-corrected chi connectivity index (χ0v) is 10.4. The number of carbonyl (C=O) groups excluding carboxylic acids is 1. The summed E-state index contributed by atoms with van der Waals surface area (Å²) >= 11 is 4.24. The van der Waals surface area contributed by atoms with Crippen LogP contribution in [0.5, 0.6) is 0 Å². The number of amides is 1. The molecule has 0 aliphatic carbocycles. The molecule has 0 bridgehead atoms. The van der Waals surface area contributed by atoms with Gasteiger partial charge in [0.25, 0.3) is 0 Å². The van der Waals surface area contributed by atoms with E-state index in [1.165, 1.54) is 0 Å². The summed E-state index contributed by atoms with van der Waals surface area (Å²) in [7, 11) is 0. The number of rotatable bonds is 3. The maximum atomic E-state index is 11.8. The molecular weight excluding hydrogens is 232 g/mol. The van der Waals surface area contributed by atoms with E-state index in [2.05, 4.69) is 18.7 Å². The predicted molar refractivity (Wildman–Crippen MR) is 70.1 cm³/mol. The Morgan fingerprint density at radius 1 is 1.53 bits per heavy atom. The van der Waals surface area contributed by atoms with Crippen molar-refractivity contribution >= 4 is 24.2 Å². The van der Waals surface area contributed by atoms with Crippen molar-refractivity contribution in [2.75, 3.05) is 17.2 Å². The number of anilines is 1. The van der Waals surface area contributed by atoms with Crippen LogP contribution < -0.4 is 4.90 Å². The summed E-state index contributed by atoms with van der Waals surface area (Å²) in [5, 5.41) is 8.67. The van der Waals surface area contributed by atoms with E-state index in [1.54, 1.807) is 4.90 Å². The first-order chi connectivity index (χ1) is 8.24. The van der Waals surface area contributed by atoms with E-state index in [1.807, 2.05) is 24.3 Å². The Hall–Kier alpha value is -1.47. The lowest BCUT2D eigenvalue weighted by Gasteiger charge is -2.17.